The van der Waals surface area contributed by atoms with Crippen molar-refractivity contribution in [3.63, 3.8) is 0 Å². The van der Waals surface area contributed by atoms with Gasteiger partial charge in [-0.3, -0.25) is 9.59 Å². The summed E-state index contributed by atoms with van der Waals surface area (Å²) in [5, 5.41) is 11.4. The molecule has 0 saturated carbocycles. The van der Waals surface area contributed by atoms with Crippen LogP contribution in [0.2, 0.25) is 0 Å². The van der Waals surface area contributed by atoms with Gasteiger partial charge in [0.1, 0.15) is 0 Å². The largest absolute Gasteiger partial charge is 0.479 e. The van der Waals surface area contributed by atoms with E-state index in [-0.39, 0.29) is 31.0 Å². The van der Waals surface area contributed by atoms with Crippen LogP contribution in [-0.4, -0.2) is 60.1 Å². The first-order valence-electron chi connectivity index (χ1n) is 5.76. The number of carbonyl (C=O) groups excluding carboxylic acids is 2. The number of ether oxygens (including phenoxy) is 1. The summed E-state index contributed by atoms with van der Waals surface area (Å²) >= 11 is 0. The molecular formula is C11H18N2O5. The standard InChI is InChI=1S/C11H18N2O5/c1-7(14)13(2)6-10(15)12-5-8-3-4-9(18-8)11(16)17/h8-9H,3-6H2,1-2H3,(H,12,15)(H,16,17). The third-order valence-corrected chi connectivity index (χ3v) is 2.83. The van der Waals surface area contributed by atoms with Gasteiger partial charge in [0.2, 0.25) is 11.8 Å². The number of hydrogen-bond donors (Lipinski definition) is 2. The molecule has 0 spiro atoms. The molecule has 18 heavy (non-hydrogen) atoms. The van der Waals surface area contributed by atoms with Crippen LogP contribution in [0.15, 0.2) is 0 Å². The molecule has 0 aromatic carbocycles. The van der Waals surface area contributed by atoms with Gasteiger partial charge in [-0.15, -0.1) is 0 Å². The predicted molar refractivity (Wildman–Crippen MR) is 61.9 cm³/mol. The maximum Gasteiger partial charge on any atom is 0.332 e. The van der Waals surface area contributed by atoms with Gasteiger partial charge in [0.05, 0.1) is 12.6 Å². The highest BCUT2D eigenvalue weighted by Gasteiger charge is 2.30. The molecular weight excluding hydrogens is 240 g/mol. The highest BCUT2D eigenvalue weighted by atomic mass is 16.5. The zero-order valence-electron chi connectivity index (χ0n) is 10.5. The molecule has 1 aliphatic rings. The van der Waals surface area contributed by atoms with E-state index in [1.807, 2.05) is 0 Å². The van der Waals surface area contributed by atoms with Crippen LogP contribution < -0.4 is 5.32 Å². The van der Waals surface area contributed by atoms with Crippen molar-refractivity contribution in [2.45, 2.75) is 32.0 Å². The molecule has 0 radical (unpaired) electrons. The number of likely N-dealkylation sites (N-methyl/N-ethyl adjacent to an activating group) is 1. The molecule has 0 aromatic heterocycles. The fourth-order valence-electron chi connectivity index (χ4n) is 1.65. The van der Waals surface area contributed by atoms with Gasteiger partial charge in [-0.1, -0.05) is 0 Å². The zero-order valence-corrected chi connectivity index (χ0v) is 10.5. The molecule has 1 fully saturated rings. The second kappa shape index (κ2) is 6.34. The van der Waals surface area contributed by atoms with Crippen LogP contribution in [0, 0.1) is 0 Å². The summed E-state index contributed by atoms with van der Waals surface area (Å²) in [4.78, 5) is 34.3. The summed E-state index contributed by atoms with van der Waals surface area (Å²) in [5.41, 5.74) is 0. The van der Waals surface area contributed by atoms with Crippen LogP contribution in [0.5, 0.6) is 0 Å². The van der Waals surface area contributed by atoms with Crippen molar-refractivity contribution >= 4 is 17.8 Å². The van der Waals surface area contributed by atoms with E-state index < -0.39 is 12.1 Å². The van der Waals surface area contributed by atoms with Gasteiger partial charge in [0, 0.05) is 20.5 Å². The second-order valence-corrected chi connectivity index (χ2v) is 4.34. The third-order valence-electron chi connectivity index (χ3n) is 2.83. The molecule has 2 N–H and O–H groups in total. The van der Waals surface area contributed by atoms with Crippen molar-refractivity contribution in [3.8, 4) is 0 Å². The van der Waals surface area contributed by atoms with E-state index in [0.717, 1.165) is 0 Å². The van der Waals surface area contributed by atoms with Crippen molar-refractivity contribution in [1.82, 2.24) is 10.2 Å². The van der Waals surface area contributed by atoms with Gasteiger partial charge in [0.15, 0.2) is 6.10 Å². The highest BCUT2D eigenvalue weighted by Crippen LogP contribution is 2.19. The zero-order chi connectivity index (χ0) is 13.7. The van der Waals surface area contributed by atoms with Crippen LogP contribution in [0.3, 0.4) is 0 Å². The minimum absolute atomic E-state index is 0.00951. The number of hydrogen-bond acceptors (Lipinski definition) is 4. The van der Waals surface area contributed by atoms with E-state index in [9.17, 15) is 14.4 Å². The number of carbonyl (C=O) groups is 3. The lowest BCUT2D eigenvalue weighted by Gasteiger charge is -2.16. The van der Waals surface area contributed by atoms with Gasteiger partial charge in [-0.05, 0) is 12.8 Å². The van der Waals surface area contributed by atoms with Gasteiger partial charge < -0.3 is 20.1 Å². The highest BCUT2D eigenvalue weighted by molar-refractivity contribution is 5.83. The smallest absolute Gasteiger partial charge is 0.332 e. The molecule has 1 heterocycles. The number of rotatable bonds is 5. The van der Waals surface area contributed by atoms with E-state index in [0.29, 0.717) is 12.8 Å². The Morgan fingerprint density at radius 3 is 2.56 bits per heavy atom. The molecule has 102 valence electrons. The monoisotopic (exact) mass is 258 g/mol. The van der Waals surface area contributed by atoms with Crippen molar-refractivity contribution in [1.29, 1.82) is 0 Å². The first-order chi connectivity index (χ1) is 8.40. The molecule has 2 unspecified atom stereocenters. The number of nitrogens with one attached hydrogen (secondary N) is 1. The van der Waals surface area contributed by atoms with E-state index in [1.54, 1.807) is 0 Å². The third kappa shape index (κ3) is 4.33. The number of nitrogens with zero attached hydrogens (tertiary/aromatic N) is 1. The minimum Gasteiger partial charge on any atom is -0.479 e. The van der Waals surface area contributed by atoms with E-state index >= 15 is 0 Å². The average Bonchev–Trinajstić information content (AvgIpc) is 2.74. The first-order valence-corrected chi connectivity index (χ1v) is 5.76. The number of carboxylic acid groups (broad SMARTS) is 1. The molecule has 0 aromatic rings. The molecule has 0 aliphatic carbocycles. The van der Waals surface area contributed by atoms with Crippen LogP contribution >= 0.6 is 0 Å². The number of amides is 2. The van der Waals surface area contributed by atoms with E-state index in [1.165, 1.54) is 18.9 Å². The first kappa shape index (κ1) is 14.4. The lowest BCUT2D eigenvalue weighted by atomic mass is 10.2. The van der Waals surface area contributed by atoms with Crippen LogP contribution in [0.4, 0.5) is 0 Å². The Hall–Kier alpha value is -1.63. The molecule has 1 rings (SSSR count). The predicted octanol–water partition coefficient (Wildman–Crippen LogP) is -0.787. The maximum atomic E-state index is 11.5. The summed E-state index contributed by atoms with van der Waals surface area (Å²) in [7, 11) is 1.54. The van der Waals surface area contributed by atoms with Crippen LogP contribution in [-0.2, 0) is 19.1 Å². The molecule has 7 heteroatoms. The summed E-state index contributed by atoms with van der Waals surface area (Å²) in [6.45, 7) is 1.64. The number of carboxylic acids is 1. The Morgan fingerprint density at radius 2 is 2.06 bits per heavy atom. The second-order valence-electron chi connectivity index (χ2n) is 4.34. The average molecular weight is 258 g/mol. The summed E-state index contributed by atoms with van der Waals surface area (Å²) in [5.74, 6) is -1.44. The summed E-state index contributed by atoms with van der Waals surface area (Å²) in [6.07, 6.45) is 0.0349. The maximum absolute atomic E-state index is 11.5. The van der Waals surface area contributed by atoms with Crippen LogP contribution in [0.1, 0.15) is 19.8 Å². The van der Waals surface area contributed by atoms with Gasteiger partial charge in [-0.2, -0.15) is 0 Å². The SMILES string of the molecule is CC(=O)N(C)CC(=O)NCC1CCC(C(=O)O)O1. The summed E-state index contributed by atoms with van der Waals surface area (Å²) < 4.78 is 5.23. The molecule has 2 atom stereocenters. The molecule has 7 nitrogen and oxygen atoms in total. The lowest BCUT2D eigenvalue weighted by Crippen LogP contribution is -2.40. The Kier molecular flexibility index (Phi) is 5.08. The summed E-state index contributed by atoms with van der Waals surface area (Å²) in [6, 6.07) is 0. The van der Waals surface area contributed by atoms with Gasteiger partial charge in [0.25, 0.3) is 0 Å². The van der Waals surface area contributed by atoms with Crippen LogP contribution in [0.25, 0.3) is 0 Å². The molecule has 1 saturated heterocycles. The molecule has 0 bridgehead atoms. The fourth-order valence-corrected chi connectivity index (χ4v) is 1.65. The van der Waals surface area contributed by atoms with E-state index in [4.69, 9.17) is 9.84 Å². The quantitative estimate of drug-likeness (QED) is 0.674. The van der Waals surface area contributed by atoms with Crippen molar-refractivity contribution < 1.29 is 24.2 Å². The Labute approximate surface area is 105 Å². The number of aliphatic carboxylic acids is 1. The Bertz CT molecular complexity index is 344. The van der Waals surface area contributed by atoms with Gasteiger partial charge in [-0.25, -0.2) is 4.79 Å². The fraction of sp³-hybridized carbons (Fsp3) is 0.727. The normalized spacial score (nSPS) is 22.6. The Morgan fingerprint density at radius 1 is 1.39 bits per heavy atom. The van der Waals surface area contributed by atoms with E-state index in [2.05, 4.69) is 5.32 Å². The van der Waals surface area contributed by atoms with Crippen molar-refractivity contribution in [2.75, 3.05) is 20.1 Å². The molecule has 1 aliphatic heterocycles. The Balaban J connectivity index is 2.24. The van der Waals surface area contributed by atoms with Gasteiger partial charge >= 0.3 is 5.97 Å². The lowest BCUT2D eigenvalue weighted by molar-refractivity contribution is -0.149. The van der Waals surface area contributed by atoms with Crippen molar-refractivity contribution in [3.05, 3.63) is 0 Å². The minimum atomic E-state index is -0.972. The molecule has 2 amide bonds. The topological polar surface area (TPSA) is 95.9 Å². The van der Waals surface area contributed by atoms with Crippen molar-refractivity contribution in [2.24, 2.45) is 0 Å².